The molecule has 1 heterocycles. The molecule has 1 aliphatic heterocycles. The SMILES string of the molecule is CCCCC(CC)C[N+]1(CC(CC)CCCC)CCOCCOCCOCCOCCOCC1.O=S(=O)([N-]S(=O)(=O)C(F)(F)F)C(F)(F)F. The molecule has 0 bridgehead atoms. The van der Waals surface area contributed by atoms with E-state index in [1.54, 1.807) is 0 Å². The van der Waals surface area contributed by atoms with Crippen molar-refractivity contribution in [3.8, 4) is 0 Å². The second-order valence-corrected chi connectivity index (χ2v) is 15.4. The van der Waals surface area contributed by atoms with Crippen molar-refractivity contribution in [2.45, 2.75) is 90.1 Å². The number of hydrogen-bond donors (Lipinski definition) is 0. The van der Waals surface area contributed by atoms with E-state index in [9.17, 15) is 43.2 Å². The van der Waals surface area contributed by atoms with Crippen molar-refractivity contribution >= 4 is 20.0 Å². The Morgan fingerprint density at radius 3 is 1.08 bits per heavy atom. The molecule has 296 valence electrons. The van der Waals surface area contributed by atoms with E-state index in [0.717, 1.165) is 46.7 Å². The van der Waals surface area contributed by atoms with Gasteiger partial charge in [0.2, 0.25) is 0 Å². The third kappa shape index (κ3) is 21.4. The summed E-state index contributed by atoms with van der Waals surface area (Å²) in [4.78, 5) is 0. The summed E-state index contributed by atoms with van der Waals surface area (Å²) < 4.78 is 139. The summed E-state index contributed by atoms with van der Waals surface area (Å²) in [6.45, 7) is 20.6. The summed E-state index contributed by atoms with van der Waals surface area (Å²) in [5, 5.41) is 0. The Labute approximate surface area is 289 Å². The van der Waals surface area contributed by atoms with Gasteiger partial charge in [-0.15, -0.1) is 0 Å². The molecule has 0 amide bonds. The maximum Gasteiger partial charge on any atom is 0.480 e. The first kappa shape index (κ1) is 48.2. The van der Waals surface area contributed by atoms with Crippen LogP contribution in [0.4, 0.5) is 26.3 Å². The highest BCUT2D eigenvalue weighted by Crippen LogP contribution is 2.36. The van der Waals surface area contributed by atoms with Gasteiger partial charge in [0, 0.05) is 11.8 Å². The summed E-state index contributed by atoms with van der Waals surface area (Å²) in [6.07, 6.45) is 10.4. The number of nitrogens with zero attached hydrogens (tertiary/aromatic N) is 2. The zero-order chi connectivity index (χ0) is 37.5. The van der Waals surface area contributed by atoms with Crippen LogP contribution in [0.3, 0.4) is 0 Å². The molecule has 11 nitrogen and oxygen atoms in total. The van der Waals surface area contributed by atoms with Gasteiger partial charge in [-0.3, -0.25) is 0 Å². The summed E-state index contributed by atoms with van der Waals surface area (Å²) in [5.41, 5.74) is -12.4. The van der Waals surface area contributed by atoms with E-state index in [4.69, 9.17) is 23.7 Å². The maximum absolute atomic E-state index is 11.4. The highest BCUT2D eigenvalue weighted by atomic mass is 32.3. The molecule has 0 radical (unpaired) electrons. The normalized spacial score (nSPS) is 19.9. The molecule has 1 saturated heterocycles. The van der Waals surface area contributed by atoms with E-state index in [1.807, 2.05) is 0 Å². The van der Waals surface area contributed by atoms with Crippen molar-refractivity contribution in [3.05, 3.63) is 4.13 Å². The molecular weight excluding hydrogens is 710 g/mol. The number of halogens is 6. The minimum Gasteiger partial charge on any atom is -0.421 e. The van der Waals surface area contributed by atoms with Gasteiger partial charge in [-0.2, -0.15) is 26.3 Å². The fourth-order valence-corrected chi connectivity index (χ4v) is 6.90. The van der Waals surface area contributed by atoms with Crippen LogP contribution in [0.5, 0.6) is 0 Å². The van der Waals surface area contributed by atoms with Gasteiger partial charge in [-0.05, 0) is 25.7 Å². The molecule has 2 atom stereocenters. The Kier molecular flexibility index (Phi) is 24.8. The van der Waals surface area contributed by atoms with Gasteiger partial charge in [0.1, 0.15) is 13.1 Å². The van der Waals surface area contributed by atoms with E-state index < -0.39 is 31.1 Å². The molecule has 0 N–H and O–H groups in total. The minimum atomic E-state index is -6.72. The molecule has 0 aromatic rings. The average Bonchev–Trinajstić information content (AvgIpc) is 3.01. The number of unbranched alkanes of at least 4 members (excludes halogenated alkanes) is 2. The minimum absolute atomic E-state index is 0.603. The fraction of sp³-hybridized carbons (Fsp3) is 1.00. The standard InChI is InChI=1S/C28H58NO5.C2F6NO4S2/c1-5-9-11-27(7-3)25-29(26-28(8-4)12-10-6-2)13-15-30-17-19-32-21-23-34-24-22-33-20-18-31-16-14-29;3-1(4,5)14(10,11)9-15(12,13)2(6,7)8/h27-28H,5-26H2,1-4H3;/q+1;-1. The Bertz CT molecular complexity index is 969. The smallest absolute Gasteiger partial charge is 0.421 e. The van der Waals surface area contributed by atoms with E-state index >= 15 is 0 Å². The predicted octanol–water partition coefficient (Wildman–Crippen LogP) is 6.39. The van der Waals surface area contributed by atoms with Crippen LogP contribution in [0.1, 0.15) is 79.1 Å². The highest BCUT2D eigenvalue weighted by molar-refractivity contribution is 8.13. The highest BCUT2D eigenvalue weighted by Gasteiger charge is 2.47. The predicted molar refractivity (Wildman–Crippen MR) is 174 cm³/mol. The lowest BCUT2D eigenvalue weighted by molar-refractivity contribution is -0.935. The van der Waals surface area contributed by atoms with Crippen LogP contribution in [-0.2, 0) is 43.7 Å². The summed E-state index contributed by atoms with van der Waals surface area (Å²) in [7, 11) is -13.4. The van der Waals surface area contributed by atoms with Gasteiger partial charge in [0.05, 0.1) is 79.2 Å². The van der Waals surface area contributed by atoms with Crippen molar-refractivity contribution in [2.75, 3.05) is 92.2 Å². The molecule has 1 fully saturated rings. The fourth-order valence-electron chi connectivity index (χ4n) is 5.19. The largest absolute Gasteiger partial charge is 0.480 e. The van der Waals surface area contributed by atoms with Crippen LogP contribution < -0.4 is 0 Å². The van der Waals surface area contributed by atoms with Gasteiger partial charge in [0.25, 0.3) is 0 Å². The Balaban J connectivity index is 0.00000129. The molecule has 0 saturated carbocycles. The van der Waals surface area contributed by atoms with Crippen molar-refractivity contribution in [3.63, 3.8) is 0 Å². The van der Waals surface area contributed by atoms with E-state index in [0.29, 0.717) is 52.9 Å². The van der Waals surface area contributed by atoms with Gasteiger partial charge in [-0.25, -0.2) is 16.8 Å². The first-order valence-corrected chi connectivity index (χ1v) is 19.9. The van der Waals surface area contributed by atoms with Crippen LogP contribution in [0.2, 0.25) is 0 Å². The lowest BCUT2D eigenvalue weighted by Gasteiger charge is -2.43. The Hall–Kier alpha value is -0.800. The van der Waals surface area contributed by atoms with Crippen molar-refractivity contribution in [1.82, 2.24) is 0 Å². The average molecular weight is 769 g/mol. The summed E-state index contributed by atoms with van der Waals surface area (Å²) in [5.74, 6) is 1.54. The molecule has 19 heteroatoms. The molecule has 1 rings (SSSR count). The van der Waals surface area contributed by atoms with Crippen molar-refractivity contribution < 1.29 is 71.3 Å². The molecule has 0 aliphatic carbocycles. The topological polar surface area (TPSA) is 129 Å². The van der Waals surface area contributed by atoms with E-state index in [-0.39, 0.29) is 0 Å². The lowest BCUT2D eigenvalue weighted by atomic mass is 9.93. The Morgan fingerprint density at radius 2 is 0.837 bits per heavy atom. The number of sulfonamides is 2. The number of quaternary nitrogens is 1. The molecule has 1 aliphatic rings. The summed E-state index contributed by atoms with van der Waals surface area (Å²) >= 11 is 0. The Morgan fingerprint density at radius 1 is 0.551 bits per heavy atom. The van der Waals surface area contributed by atoms with E-state index in [2.05, 4.69) is 27.7 Å². The molecule has 0 aromatic heterocycles. The molecule has 0 aromatic carbocycles. The third-order valence-corrected chi connectivity index (χ3v) is 10.8. The number of hydrogen-bond acceptors (Lipinski definition) is 9. The molecular formula is C30H58F6N2O9S2. The van der Waals surface area contributed by atoms with Crippen molar-refractivity contribution in [2.24, 2.45) is 11.8 Å². The van der Waals surface area contributed by atoms with Gasteiger partial charge >= 0.3 is 11.0 Å². The van der Waals surface area contributed by atoms with E-state index in [1.165, 1.54) is 64.5 Å². The summed E-state index contributed by atoms with van der Waals surface area (Å²) in [6, 6.07) is 0. The molecule has 0 spiro atoms. The number of rotatable bonds is 14. The zero-order valence-corrected chi connectivity index (χ0v) is 31.0. The first-order valence-electron chi connectivity index (χ1n) is 17.0. The van der Waals surface area contributed by atoms with Crippen molar-refractivity contribution in [1.29, 1.82) is 0 Å². The third-order valence-electron chi connectivity index (χ3n) is 8.07. The van der Waals surface area contributed by atoms with Crippen LogP contribution in [0.15, 0.2) is 0 Å². The number of ether oxygens (including phenoxy) is 5. The maximum atomic E-state index is 11.4. The molecule has 49 heavy (non-hydrogen) atoms. The quantitative estimate of drug-likeness (QED) is 0.146. The van der Waals surface area contributed by atoms with Gasteiger partial charge < -0.3 is 32.3 Å². The first-order chi connectivity index (χ1) is 22.9. The second-order valence-electron chi connectivity index (χ2n) is 12.0. The second kappa shape index (κ2) is 25.2. The van der Waals surface area contributed by atoms with Gasteiger partial charge in [-0.1, -0.05) is 53.4 Å². The number of alkyl halides is 6. The van der Waals surface area contributed by atoms with Gasteiger partial charge in [0.15, 0.2) is 20.0 Å². The van der Waals surface area contributed by atoms with Crippen LogP contribution in [0, 0.1) is 11.8 Å². The monoisotopic (exact) mass is 768 g/mol. The molecule has 2 unspecified atom stereocenters. The van der Waals surface area contributed by atoms with Crippen LogP contribution in [0.25, 0.3) is 4.13 Å². The van der Waals surface area contributed by atoms with Crippen LogP contribution in [-0.4, -0.2) is 125 Å². The lowest BCUT2D eigenvalue weighted by Crippen LogP contribution is -2.56. The van der Waals surface area contributed by atoms with Crippen LogP contribution >= 0.6 is 0 Å². The zero-order valence-electron chi connectivity index (χ0n) is 29.4.